The normalized spacial score (nSPS) is 13.8. The van der Waals surface area contributed by atoms with Gasteiger partial charge in [0.25, 0.3) is 0 Å². The molecule has 5 heterocycles. The van der Waals surface area contributed by atoms with Crippen LogP contribution in [-0.4, -0.2) is 91.2 Å². The number of hydrogen-bond donors (Lipinski definition) is 4. The van der Waals surface area contributed by atoms with Crippen molar-refractivity contribution in [3.8, 4) is 11.4 Å². The van der Waals surface area contributed by atoms with Gasteiger partial charge < -0.3 is 40.0 Å². The summed E-state index contributed by atoms with van der Waals surface area (Å²) in [4.78, 5) is 47.7. The van der Waals surface area contributed by atoms with Crippen molar-refractivity contribution in [2.75, 3.05) is 10.6 Å². The number of alkyl carbamates (subject to hydrolysis) is 2. The fraction of sp³-hybridized carbons (Fsp3) is 0.409. The molecule has 0 saturated carbocycles. The van der Waals surface area contributed by atoms with E-state index < -0.39 is 41.7 Å². The maximum absolute atomic E-state index is 11.8. The molecule has 2 amide bonds. The van der Waals surface area contributed by atoms with Crippen LogP contribution >= 0.6 is 34.8 Å². The molecule has 0 spiro atoms. The van der Waals surface area contributed by atoms with Crippen LogP contribution in [0.4, 0.5) is 32.9 Å². The summed E-state index contributed by atoms with van der Waals surface area (Å²) in [5.41, 5.74) is 2.81. The van der Waals surface area contributed by atoms with Gasteiger partial charge in [-0.1, -0.05) is 47.5 Å². The first-order chi connectivity index (χ1) is 31.7. The zero-order chi connectivity index (χ0) is 50.0. The second kappa shape index (κ2) is 22.3. The monoisotopic (exact) mass is 992 g/mol. The van der Waals surface area contributed by atoms with E-state index >= 15 is 0 Å². The summed E-state index contributed by atoms with van der Waals surface area (Å²) in [5, 5.41) is 20.7. The summed E-state index contributed by atoms with van der Waals surface area (Å²) in [5.74, 6) is 1.27. The van der Waals surface area contributed by atoms with Gasteiger partial charge in [0.05, 0.1) is 35.0 Å². The number of hydrogen-bond acceptors (Lipinski definition) is 16. The number of ether oxygens (including phenoxy) is 2. The van der Waals surface area contributed by atoms with E-state index in [1.807, 2.05) is 99.1 Å². The van der Waals surface area contributed by atoms with Crippen LogP contribution in [0, 0.1) is 0 Å². The molecule has 20 nitrogen and oxygen atoms in total. The van der Waals surface area contributed by atoms with Gasteiger partial charge in [-0.25, -0.2) is 29.5 Å². The number of carbonyl (C=O) groups is 2. The molecular weight excluding hydrogens is 938 g/mol. The smallest absolute Gasteiger partial charge is 0.444 e. The maximum Gasteiger partial charge on any atom is 0.494 e. The molecular formula is C44H56BCl3N14O6. The van der Waals surface area contributed by atoms with Crippen molar-refractivity contribution in [2.24, 2.45) is 14.1 Å². The van der Waals surface area contributed by atoms with Gasteiger partial charge in [-0.15, -0.1) is 0 Å². The molecule has 2 aromatic carbocycles. The second-order valence-electron chi connectivity index (χ2n) is 18.2. The minimum Gasteiger partial charge on any atom is -0.444 e. The number of amides is 2. The van der Waals surface area contributed by atoms with E-state index in [1.165, 1.54) is 12.7 Å². The van der Waals surface area contributed by atoms with Crippen molar-refractivity contribution < 1.29 is 28.4 Å². The average molecular weight is 994 g/mol. The molecule has 24 heteroatoms. The van der Waals surface area contributed by atoms with Gasteiger partial charge in [-0.2, -0.15) is 20.2 Å². The Morgan fingerprint density at radius 3 is 1.59 bits per heavy atom. The molecule has 7 rings (SSSR count). The molecule has 1 saturated heterocycles. The summed E-state index contributed by atoms with van der Waals surface area (Å²) in [6, 6.07) is 11.0. The van der Waals surface area contributed by atoms with Crippen molar-refractivity contribution in [3.63, 3.8) is 0 Å². The van der Waals surface area contributed by atoms with Gasteiger partial charge >= 0.3 is 19.3 Å². The van der Waals surface area contributed by atoms with Gasteiger partial charge in [0, 0.05) is 55.2 Å². The first-order valence-electron chi connectivity index (χ1n) is 21.2. The number of aryl methyl sites for hydroxylation is 2. The lowest BCUT2D eigenvalue weighted by Gasteiger charge is -2.32. The van der Waals surface area contributed by atoms with E-state index in [0.717, 1.165) is 33.5 Å². The number of rotatable bonds is 10. The molecule has 0 bridgehead atoms. The predicted molar refractivity (Wildman–Crippen MR) is 261 cm³/mol. The molecule has 68 heavy (non-hydrogen) atoms. The van der Waals surface area contributed by atoms with Gasteiger partial charge in [0.2, 0.25) is 17.2 Å². The number of carbonyl (C=O) groups excluding carboxylic acids is 2. The van der Waals surface area contributed by atoms with Crippen molar-refractivity contribution in [1.29, 1.82) is 0 Å². The van der Waals surface area contributed by atoms with E-state index in [2.05, 4.69) is 61.4 Å². The molecule has 0 aliphatic carbocycles. The molecule has 4 N–H and O–H groups in total. The second-order valence-corrected chi connectivity index (χ2v) is 19.4. The van der Waals surface area contributed by atoms with Crippen LogP contribution in [0.5, 0.6) is 0 Å². The van der Waals surface area contributed by atoms with Crippen molar-refractivity contribution in [2.45, 2.75) is 105 Å². The molecule has 1 fully saturated rings. The Morgan fingerprint density at radius 2 is 1.15 bits per heavy atom. The van der Waals surface area contributed by atoms with Crippen LogP contribution < -0.4 is 26.7 Å². The molecule has 1 aliphatic heterocycles. The highest BCUT2D eigenvalue weighted by Gasteiger charge is 2.51. The highest BCUT2D eigenvalue weighted by Crippen LogP contribution is 2.36. The molecule has 6 aromatic rings. The number of nitrogens with one attached hydrogen (secondary N) is 4. The first-order valence-corrected chi connectivity index (χ1v) is 22.3. The Hall–Kier alpha value is -6.13. The van der Waals surface area contributed by atoms with Gasteiger partial charge in [0.15, 0.2) is 5.82 Å². The average Bonchev–Trinajstić information content (AvgIpc) is 3.90. The van der Waals surface area contributed by atoms with E-state index in [9.17, 15) is 9.59 Å². The number of aromatic nitrogens is 10. The Kier molecular flexibility index (Phi) is 17.3. The zero-order valence-corrected chi connectivity index (χ0v) is 42.2. The minimum atomic E-state index is -0.558. The molecule has 0 radical (unpaired) electrons. The predicted octanol–water partition coefficient (Wildman–Crippen LogP) is 8.36. The number of anilines is 4. The lowest BCUT2D eigenvalue weighted by atomic mass is 9.79. The topological polar surface area (TPSA) is 232 Å². The summed E-state index contributed by atoms with van der Waals surface area (Å²) in [6.07, 6.45) is 8.75. The van der Waals surface area contributed by atoms with E-state index in [0.29, 0.717) is 27.8 Å². The quantitative estimate of drug-likeness (QED) is 0.0944. The molecule has 4 aromatic heterocycles. The largest absolute Gasteiger partial charge is 0.494 e. The molecule has 0 atom stereocenters. The Morgan fingerprint density at radius 1 is 0.676 bits per heavy atom. The summed E-state index contributed by atoms with van der Waals surface area (Å²) in [7, 11) is 3.19. The highest BCUT2D eigenvalue weighted by molar-refractivity contribution is 6.62. The van der Waals surface area contributed by atoms with Crippen molar-refractivity contribution in [3.05, 3.63) is 100 Å². The lowest BCUT2D eigenvalue weighted by molar-refractivity contribution is 0.00578. The fourth-order valence-corrected chi connectivity index (χ4v) is 6.31. The van der Waals surface area contributed by atoms with Crippen LogP contribution in [0.15, 0.2) is 73.8 Å². The highest BCUT2D eigenvalue weighted by atomic mass is 35.5. The minimum absolute atomic E-state index is 0.159. The summed E-state index contributed by atoms with van der Waals surface area (Å²) < 4.78 is 25.8. The first kappa shape index (κ1) is 52.8. The van der Waals surface area contributed by atoms with Gasteiger partial charge in [0.1, 0.15) is 23.9 Å². The van der Waals surface area contributed by atoms with Crippen LogP contribution in [0.2, 0.25) is 15.3 Å². The summed E-state index contributed by atoms with van der Waals surface area (Å²) >= 11 is 18.3. The third kappa shape index (κ3) is 16.3. The van der Waals surface area contributed by atoms with Crippen molar-refractivity contribution >= 4 is 82.8 Å². The maximum atomic E-state index is 11.8. The van der Waals surface area contributed by atoms with Gasteiger partial charge in [-0.3, -0.25) is 9.36 Å². The van der Waals surface area contributed by atoms with Crippen LogP contribution in [0.3, 0.4) is 0 Å². The Labute approximate surface area is 410 Å². The fourth-order valence-electron chi connectivity index (χ4n) is 5.69. The number of benzene rings is 2. The summed E-state index contributed by atoms with van der Waals surface area (Å²) in [6.45, 7) is 19.4. The Balaban J connectivity index is 0.000000201. The SMILES string of the molecule is CC(C)(C)OC(=O)NCc1ccc(B2OC(C)(C)C(C)(C)O2)cc1Cl.Cn1cc(Nc2ncnc(-c3ccc(CNC(=O)OC(C)(C)C)c(Cl)c3)n2)cn1.Cn1cc(Nc2ncnc(Cl)n2)cn1. The Bertz CT molecular complexity index is 2650. The standard InChI is InChI=1S/C19H22ClN7O2.C18H27BClNO4.C7H7ClN6/c1-19(2,3)29-18(28)21-8-13-6-5-12(7-15(13)20)16-22-11-23-17(26-16)25-14-9-24-27(4)10-14;1-16(2,3)23-15(22)21-11-12-8-9-13(10-14(12)20)19-24-17(4,5)18(6,7)25-19;1-14-3-5(2-11-14)12-7-10-4-9-6(8)13-7/h5-7,9-11H,8H2,1-4H3,(H,21,28)(H,22,23,25,26);8-10H,11H2,1-7H3,(H,21,22);2-4H,1H3,(H,9,10,12,13). The van der Waals surface area contributed by atoms with E-state index in [1.54, 1.807) is 54.8 Å². The van der Waals surface area contributed by atoms with Crippen LogP contribution in [0.25, 0.3) is 11.4 Å². The van der Waals surface area contributed by atoms with Crippen LogP contribution in [-0.2, 0) is 46.0 Å². The lowest BCUT2D eigenvalue weighted by Crippen LogP contribution is -2.41. The molecule has 0 unspecified atom stereocenters. The molecule has 1 aliphatic rings. The third-order valence-electron chi connectivity index (χ3n) is 9.59. The van der Waals surface area contributed by atoms with E-state index in [4.69, 9.17) is 53.6 Å². The number of halogens is 3. The van der Waals surface area contributed by atoms with Gasteiger partial charge in [-0.05, 0) is 110 Å². The zero-order valence-electron chi connectivity index (χ0n) is 40.0. The van der Waals surface area contributed by atoms with Crippen molar-refractivity contribution in [1.82, 2.24) is 60.1 Å². The van der Waals surface area contributed by atoms with E-state index in [-0.39, 0.29) is 18.4 Å². The molecule has 362 valence electrons. The number of nitrogens with zero attached hydrogens (tertiary/aromatic N) is 10. The third-order valence-corrected chi connectivity index (χ3v) is 10.5. The van der Waals surface area contributed by atoms with Crippen LogP contribution in [0.1, 0.15) is 80.4 Å².